The Morgan fingerprint density at radius 2 is 2.00 bits per heavy atom. The minimum Gasteiger partial charge on any atom is -0.387 e. The summed E-state index contributed by atoms with van der Waals surface area (Å²) in [6.07, 6.45) is 4.51. The molecule has 0 aromatic rings. The van der Waals surface area contributed by atoms with Crippen LogP contribution in [0.3, 0.4) is 0 Å². The number of aliphatic hydroxyl groups is 1. The van der Waals surface area contributed by atoms with Gasteiger partial charge in [0.1, 0.15) is 6.61 Å². The monoisotopic (exact) mass is 171 g/mol. The molecule has 1 aliphatic rings. The number of aliphatic hydroxyl groups excluding tert-OH is 1. The highest BCUT2D eigenvalue weighted by Crippen LogP contribution is 2.23. The van der Waals surface area contributed by atoms with Crippen molar-refractivity contribution in [2.24, 2.45) is 5.92 Å². The van der Waals surface area contributed by atoms with Crippen LogP contribution in [0.15, 0.2) is 0 Å². The predicted octanol–water partition coefficient (Wildman–Crippen LogP) is 0.674. The minimum atomic E-state index is -0.383. The molecule has 12 heavy (non-hydrogen) atoms. The molecule has 0 spiro atoms. The van der Waals surface area contributed by atoms with Crippen molar-refractivity contribution < 1.29 is 9.90 Å². The van der Waals surface area contributed by atoms with Crippen LogP contribution < -0.4 is 5.32 Å². The summed E-state index contributed by atoms with van der Waals surface area (Å²) in [6.45, 7) is 1.86. The lowest BCUT2D eigenvalue weighted by Crippen LogP contribution is -2.38. The third kappa shape index (κ3) is 2.81. The molecule has 3 heteroatoms. The maximum Gasteiger partial charge on any atom is 0.245 e. The number of carbonyl (C=O) groups excluding carboxylic acids is 1. The largest absolute Gasteiger partial charge is 0.387 e. The van der Waals surface area contributed by atoms with Crippen LogP contribution in [0.4, 0.5) is 0 Å². The van der Waals surface area contributed by atoms with Gasteiger partial charge in [0.25, 0.3) is 0 Å². The van der Waals surface area contributed by atoms with Gasteiger partial charge in [0.05, 0.1) is 0 Å². The van der Waals surface area contributed by atoms with Crippen molar-refractivity contribution in [3.63, 3.8) is 0 Å². The highest BCUT2D eigenvalue weighted by atomic mass is 16.3. The number of carbonyl (C=O) groups is 1. The van der Waals surface area contributed by atoms with Gasteiger partial charge in [0.15, 0.2) is 0 Å². The average Bonchev–Trinajstić information content (AvgIpc) is 2.09. The Kier molecular flexibility index (Phi) is 3.53. The lowest BCUT2D eigenvalue weighted by atomic mass is 9.87. The van der Waals surface area contributed by atoms with Crippen molar-refractivity contribution in [1.29, 1.82) is 0 Å². The van der Waals surface area contributed by atoms with Gasteiger partial charge in [-0.25, -0.2) is 0 Å². The van der Waals surface area contributed by atoms with Crippen molar-refractivity contribution in [3.05, 3.63) is 0 Å². The molecule has 0 heterocycles. The normalized spacial score (nSPS) is 29.8. The second-order valence-corrected chi connectivity index (χ2v) is 3.68. The number of rotatable bonds is 2. The van der Waals surface area contributed by atoms with E-state index in [9.17, 15) is 4.79 Å². The average molecular weight is 171 g/mol. The molecule has 0 saturated heterocycles. The van der Waals surface area contributed by atoms with Gasteiger partial charge in [-0.15, -0.1) is 0 Å². The summed E-state index contributed by atoms with van der Waals surface area (Å²) in [4.78, 5) is 10.8. The lowest BCUT2D eigenvalue weighted by molar-refractivity contribution is -0.124. The van der Waals surface area contributed by atoms with Crippen molar-refractivity contribution in [1.82, 2.24) is 5.32 Å². The van der Waals surface area contributed by atoms with E-state index in [0.717, 1.165) is 18.8 Å². The molecule has 1 saturated carbocycles. The van der Waals surface area contributed by atoms with Crippen molar-refractivity contribution in [2.75, 3.05) is 6.61 Å². The van der Waals surface area contributed by atoms with Crippen molar-refractivity contribution in [2.45, 2.75) is 38.6 Å². The second kappa shape index (κ2) is 4.45. The maximum absolute atomic E-state index is 10.8. The smallest absolute Gasteiger partial charge is 0.245 e. The molecule has 70 valence electrons. The van der Waals surface area contributed by atoms with E-state index in [1.807, 2.05) is 0 Å². The van der Waals surface area contributed by atoms with E-state index >= 15 is 0 Å². The predicted molar refractivity (Wildman–Crippen MR) is 46.6 cm³/mol. The first-order valence-electron chi connectivity index (χ1n) is 4.62. The van der Waals surface area contributed by atoms with Gasteiger partial charge >= 0.3 is 0 Å². The molecule has 0 aromatic carbocycles. The van der Waals surface area contributed by atoms with Crippen LogP contribution >= 0.6 is 0 Å². The summed E-state index contributed by atoms with van der Waals surface area (Å²) in [6, 6.07) is 0.306. The zero-order valence-electron chi connectivity index (χ0n) is 7.55. The van der Waals surface area contributed by atoms with E-state index in [2.05, 4.69) is 12.2 Å². The van der Waals surface area contributed by atoms with Crippen LogP contribution in [0.5, 0.6) is 0 Å². The molecular formula is C9H17NO2. The molecule has 0 aliphatic heterocycles. The Hall–Kier alpha value is -0.570. The molecule has 0 unspecified atom stereocenters. The zero-order chi connectivity index (χ0) is 8.97. The van der Waals surface area contributed by atoms with Crippen LogP contribution in [0.25, 0.3) is 0 Å². The Labute approximate surface area is 73.2 Å². The molecule has 1 amide bonds. The van der Waals surface area contributed by atoms with Crippen LogP contribution in [0, 0.1) is 5.92 Å². The Balaban J connectivity index is 2.21. The van der Waals surface area contributed by atoms with E-state index in [4.69, 9.17) is 5.11 Å². The zero-order valence-corrected chi connectivity index (χ0v) is 7.55. The fraction of sp³-hybridized carbons (Fsp3) is 0.889. The fourth-order valence-corrected chi connectivity index (χ4v) is 1.68. The molecule has 0 bridgehead atoms. The molecule has 2 N–H and O–H groups in total. The molecule has 3 nitrogen and oxygen atoms in total. The quantitative estimate of drug-likeness (QED) is 0.641. The highest BCUT2D eigenvalue weighted by molar-refractivity contribution is 5.77. The first kappa shape index (κ1) is 9.52. The lowest BCUT2D eigenvalue weighted by Gasteiger charge is -2.26. The summed E-state index contributed by atoms with van der Waals surface area (Å²) in [5, 5.41) is 11.3. The molecule has 0 radical (unpaired) electrons. The number of hydrogen-bond donors (Lipinski definition) is 2. The third-order valence-electron chi connectivity index (χ3n) is 2.52. The Morgan fingerprint density at radius 1 is 1.42 bits per heavy atom. The first-order chi connectivity index (χ1) is 5.72. The van der Waals surface area contributed by atoms with Gasteiger partial charge < -0.3 is 10.4 Å². The van der Waals surface area contributed by atoms with Crippen LogP contribution in [-0.2, 0) is 4.79 Å². The second-order valence-electron chi connectivity index (χ2n) is 3.68. The van der Waals surface area contributed by atoms with E-state index in [1.54, 1.807) is 0 Å². The van der Waals surface area contributed by atoms with Gasteiger partial charge in [-0.3, -0.25) is 4.79 Å². The molecular weight excluding hydrogens is 154 g/mol. The van der Waals surface area contributed by atoms with E-state index < -0.39 is 0 Å². The first-order valence-corrected chi connectivity index (χ1v) is 4.62. The van der Waals surface area contributed by atoms with E-state index in [0.29, 0.717) is 6.04 Å². The van der Waals surface area contributed by atoms with Gasteiger partial charge in [0, 0.05) is 6.04 Å². The third-order valence-corrected chi connectivity index (χ3v) is 2.52. The summed E-state index contributed by atoms with van der Waals surface area (Å²) in [7, 11) is 0. The molecule has 0 aromatic heterocycles. The summed E-state index contributed by atoms with van der Waals surface area (Å²) >= 11 is 0. The van der Waals surface area contributed by atoms with Crippen LogP contribution in [0.2, 0.25) is 0 Å². The highest BCUT2D eigenvalue weighted by Gasteiger charge is 2.18. The van der Waals surface area contributed by atoms with Gasteiger partial charge in [0.2, 0.25) is 5.91 Å². The maximum atomic E-state index is 10.8. The van der Waals surface area contributed by atoms with Gasteiger partial charge in [-0.1, -0.05) is 6.92 Å². The van der Waals surface area contributed by atoms with E-state index in [1.165, 1.54) is 12.8 Å². The summed E-state index contributed by atoms with van der Waals surface area (Å²) in [5.41, 5.74) is 0. The van der Waals surface area contributed by atoms with E-state index in [-0.39, 0.29) is 12.5 Å². The topological polar surface area (TPSA) is 49.3 Å². The summed E-state index contributed by atoms with van der Waals surface area (Å²) in [5.74, 6) is 0.557. The van der Waals surface area contributed by atoms with Crippen molar-refractivity contribution in [3.8, 4) is 0 Å². The SMILES string of the molecule is C[C@H]1CC[C@@H](NC(=O)CO)CC1. The van der Waals surface area contributed by atoms with Crippen LogP contribution in [0.1, 0.15) is 32.6 Å². The molecule has 1 rings (SSSR count). The molecule has 1 fully saturated rings. The fourth-order valence-electron chi connectivity index (χ4n) is 1.68. The van der Waals surface area contributed by atoms with Gasteiger partial charge in [-0.2, -0.15) is 0 Å². The molecule has 1 aliphatic carbocycles. The Bertz CT molecular complexity index is 151. The number of hydrogen-bond acceptors (Lipinski definition) is 2. The number of nitrogens with one attached hydrogen (secondary N) is 1. The summed E-state index contributed by atoms with van der Waals surface area (Å²) < 4.78 is 0. The number of amides is 1. The van der Waals surface area contributed by atoms with Gasteiger partial charge in [-0.05, 0) is 31.6 Å². The Morgan fingerprint density at radius 3 is 2.50 bits per heavy atom. The van der Waals surface area contributed by atoms with Crippen molar-refractivity contribution >= 4 is 5.91 Å². The minimum absolute atomic E-state index is 0.241. The standard InChI is InChI=1S/C9H17NO2/c1-7-2-4-8(5-3-7)10-9(12)6-11/h7-8,11H,2-6H2,1H3,(H,10,12)/t7-,8+. The molecule has 0 atom stereocenters. The van der Waals surface area contributed by atoms with Crippen LogP contribution in [-0.4, -0.2) is 23.7 Å².